The molecule has 230 valence electrons. The summed E-state index contributed by atoms with van der Waals surface area (Å²) in [5.41, 5.74) is 8.97. The minimum Gasteiger partial charge on any atom is -0.494 e. The monoisotopic (exact) mass is 642 g/mol. The number of carbonyl (C=O) groups is 2. The summed E-state index contributed by atoms with van der Waals surface area (Å²) in [5.74, 6) is -0.435. The number of aromatic nitrogens is 3. The fourth-order valence-corrected chi connectivity index (χ4v) is 7.37. The smallest absolute Gasteiger partial charge is 0.335 e. The third-order valence-corrected chi connectivity index (χ3v) is 10.1. The molecule has 1 amide bonds. The lowest BCUT2D eigenvalue weighted by molar-refractivity contribution is 0.0696. The highest BCUT2D eigenvalue weighted by Crippen LogP contribution is 2.48. The summed E-state index contributed by atoms with van der Waals surface area (Å²) >= 11 is 13.3. The molecule has 1 N–H and O–H groups in total. The lowest BCUT2D eigenvalue weighted by Gasteiger charge is -2.35. The predicted octanol–water partition coefficient (Wildman–Crippen LogP) is 7.74. The largest absolute Gasteiger partial charge is 0.494 e. The zero-order valence-electron chi connectivity index (χ0n) is 25.4. The number of anilines is 1. The number of aryl methyl sites for hydroxylation is 4. The standard InChI is InChI=1S/C35H32Cl2N4O4/c1-18-13-24(14-19(2)31(18)37)45-12-6-9-25-26-10-11-27(36)30-29-20(3)39(4)38-28(29)16-23-17-40(34(42)33(25)41(23)32(26)30)22-8-5-7-21(15-22)35(43)44/h5,7-8,10-11,13-15,23H,6,9,12,16-17H2,1-4H3,(H,43,44)/t23-/m1/s1. The number of hydrogen-bond donors (Lipinski definition) is 1. The molecule has 2 aliphatic heterocycles. The van der Waals surface area contributed by atoms with Crippen LogP contribution in [-0.2, 0) is 19.9 Å². The second kappa shape index (κ2) is 11.0. The maximum atomic E-state index is 14.5. The molecule has 4 heterocycles. The highest BCUT2D eigenvalue weighted by molar-refractivity contribution is 6.35. The van der Waals surface area contributed by atoms with Crippen molar-refractivity contribution in [2.75, 3.05) is 18.1 Å². The number of rotatable bonds is 7. The Morgan fingerprint density at radius 1 is 1.07 bits per heavy atom. The Hall–Kier alpha value is -4.27. The van der Waals surface area contributed by atoms with Crippen LogP contribution in [0.1, 0.15) is 61.4 Å². The topological polar surface area (TPSA) is 89.6 Å². The van der Waals surface area contributed by atoms with Gasteiger partial charge in [0.2, 0.25) is 0 Å². The van der Waals surface area contributed by atoms with Crippen LogP contribution in [0.15, 0.2) is 48.5 Å². The first-order chi connectivity index (χ1) is 21.5. The predicted molar refractivity (Wildman–Crippen MR) is 176 cm³/mol. The summed E-state index contributed by atoms with van der Waals surface area (Å²) in [6, 6.07) is 14.3. The number of nitrogens with zero attached hydrogens (tertiary/aromatic N) is 4. The number of amides is 1. The molecule has 0 unspecified atom stereocenters. The van der Waals surface area contributed by atoms with Crippen molar-refractivity contribution in [3.8, 4) is 16.9 Å². The van der Waals surface area contributed by atoms with Gasteiger partial charge in [-0.25, -0.2) is 4.79 Å². The quantitative estimate of drug-likeness (QED) is 0.183. The number of ether oxygens (including phenoxy) is 1. The number of benzene rings is 3. The molecule has 0 aliphatic carbocycles. The summed E-state index contributed by atoms with van der Waals surface area (Å²) in [7, 11) is 1.94. The second-order valence-electron chi connectivity index (χ2n) is 12.0. The fraction of sp³-hybridized carbons (Fsp3) is 0.286. The van der Waals surface area contributed by atoms with Crippen LogP contribution in [0.3, 0.4) is 0 Å². The molecule has 1 atom stereocenters. The number of carboxylic acid groups (broad SMARTS) is 1. The van der Waals surface area contributed by atoms with E-state index in [1.807, 2.05) is 56.8 Å². The zero-order valence-corrected chi connectivity index (χ0v) is 27.0. The lowest BCUT2D eigenvalue weighted by Crippen LogP contribution is -2.44. The van der Waals surface area contributed by atoms with Crippen molar-refractivity contribution in [3.63, 3.8) is 0 Å². The van der Waals surface area contributed by atoms with Crippen LogP contribution in [0.5, 0.6) is 5.75 Å². The molecule has 0 radical (unpaired) electrons. The molecule has 10 heteroatoms. The van der Waals surface area contributed by atoms with E-state index in [0.29, 0.717) is 48.8 Å². The minimum atomic E-state index is -1.04. The van der Waals surface area contributed by atoms with Crippen LogP contribution in [0.25, 0.3) is 22.0 Å². The molecule has 3 aromatic carbocycles. The van der Waals surface area contributed by atoms with E-state index in [1.165, 1.54) is 6.07 Å². The van der Waals surface area contributed by atoms with Gasteiger partial charge in [-0.3, -0.25) is 9.48 Å². The Morgan fingerprint density at radius 2 is 1.82 bits per heavy atom. The van der Waals surface area contributed by atoms with E-state index in [4.69, 9.17) is 33.0 Å². The highest BCUT2D eigenvalue weighted by Gasteiger charge is 2.40. The van der Waals surface area contributed by atoms with Crippen LogP contribution in [0, 0.1) is 20.8 Å². The molecular formula is C35H32Cl2N4O4. The molecule has 0 spiro atoms. The van der Waals surface area contributed by atoms with Crippen molar-refractivity contribution in [2.24, 2.45) is 7.05 Å². The summed E-state index contributed by atoms with van der Waals surface area (Å²) < 4.78 is 10.2. The van der Waals surface area contributed by atoms with Gasteiger partial charge in [-0.1, -0.05) is 35.3 Å². The van der Waals surface area contributed by atoms with Crippen LogP contribution in [0.4, 0.5) is 5.69 Å². The van der Waals surface area contributed by atoms with E-state index in [2.05, 4.69) is 4.57 Å². The van der Waals surface area contributed by atoms with Crippen molar-refractivity contribution in [1.29, 1.82) is 0 Å². The number of halogens is 2. The second-order valence-corrected chi connectivity index (χ2v) is 12.8. The summed E-state index contributed by atoms with van der Waals surface area (Å²) in [6.07, 6.45) is 1.87. The molecule has 0 saturated carbocycles. The van der Waals surface area contributed by atoms with Crippen molar-refractivity contribution in [3.05, 3.63) is 97.9 Å². The molecule has 2 aromatic heterocycles. The Balaban J connectivity index is 1.35. The summed E-state index contributed by atoms with van der Waals surface area (Å²) in [5, 5.41) is 16.9. The third-order valence-electron chi connectivity index (χ3n) is 9.17. The van der Waals surface area contributed by atoms with Gasteiger partial charge in [0.25, 0.3) is 5.91 Å². The van der Waals surface area contributed by atoms with E-state index >= 15 is 0 Å². The van der Waals surface area contributed by atoms with E-state index in [0.717, 1.165) is 60.9 Å². The van der Waals surface area contributed by atoms with Crippen molar-refractivity contribution >= 4 is 51.7 Å². The van der Waals surface area contributed by atoms with Gasteiger partial charge in [0.15, 0.2) is 0 Å². The molecule has 8 nitrogen and oxygen atoms in total. The van der Waals surface area contributed by atoms with E-state index in [-0.39, 0.29) is 17.5 Å². The van der Waals surface area contributed by atoms with E-state index < -0.39 is 5.97 Å². The Morgan fingerprint density at radius 3 is 2.56 bits per heavy atom. The average molecular weight is 644 g/mol. The average Bonchev–Trinajstić information content (AvgIpc) is 3.43. The Labute approximate surface area is 270 Å². The van der Waals surface area contributed by atoms with E-state index in [1.54, 1.807) is 23.1 Å². The first-order valence-electron chi connectivity index (χ1n) is 15.0. The Kier molecular flexibility index (Phi) is 7.17. The SMILES string of the molecule is Cc1cc(OCCCc2c3n4c5c(c(Cl)ccc25)-c2c(nn(C)c2C)C[C@@H]4CN(c2cccc(C(=O)O)c2)C3=O)cc(C)c1Cl. The molecule has 45 heavy (non-hydrogen) atoms. The van der Waals surface area contributed by atoms with Crippen molar-refractivity contribution < 1.29 is 19.4 Å². The molecule has 7 rings (SSSR count). The van der Waals surface area contributed by atoms with Gasteiger partial charge in [-0.15, -0.1) is 0 Å². The Bertz CT molecular complexity index is 2040. The van der Waals surface area contributed by atoms with Gasteiger partial charge < -0.3 is 19.3 Å². The van der Waals surface area contributed by atoms with Crippen LogP contribution in [0.2, 0.25) is 10.0 Å². The molecule has 2 aliphatic rings. The third kappa shape index (κ3) is 4.70. The molecule has 5 aromatic rings. The maximum Gasteiger partial charge on any atom is 0.335 e. The van der Waals surface area contributed by atoms with Crippen LogP contribution < -0.4 is 9.64 Å². The van der Waals surface area contributed by atoms with E-state index in [9.17, 15) is 14.7 Å². The van der Waals surface area contributed by atoms with Gasteiger partial charge >= 0.3 is 5.97 Å². The number of aromatic carboxylic acids is 1. The molecule has 0 saturated heterocycles. The number of carboxylic acids is 1. The van der Waals surface area contributed by atoms with Crippen LogP contribution in [-0.4, -0.2) is 44.5 Å². The van der Waals surface area contributed by atoms with Gasteiger partial charge in [0, 0.05) is 52.9 Å². The lowest BCUT2D eigenvalue weighted by atomic mass is 9.96. The first-order valence-corrected chi connectivity index (χ1v) is 15.7. The van der Waals surface area contributed by atoms with Gasteiger partial charge in [0.05, 0.1) is 34.4 Å². The van der Waals surface area contributed by atoms with Crippen molar-refractivity contribution in [2.45, 2.75) is 46.1 Å². The number of carbonyl (C=O) groups excluding carboxylic acids is 1. The van der Waals surface area contributed by atoms with Crippen LogP contribution >= 0.6 is 23.2 Å². The summed E-state index contributed by atoms with van der Waals surface area (Å²) in [4.78, 5) is 28.1. The molecule has 0 fully saturated rings. The summed E-state index contributed by atoms with van der Waals surface area (Å²) in [6.45, 7) is 6.80. The fourth-order valence-electron chi connectivity index (χ4n) is 7.02. The first kappa shape index (κ1) is 29.4. The zero-order chi connectivity index (χ0) is 31.7. The molecular weight excluding hydrogens is 611 g/mol. The maximum absolute atomic E-state index is 14.5. The van der Waals surface area contributed by atoms with Crippen molar-refractivity contribution in [1.82, 2.24) is 14.3 Å². The normalized spacial score (nSPS) is 15.4. The minimum absolute atomic E-state index is 0.133. The highest BCUT2D eigenvalue weighted by atomic mass is 35.5. The molecule has 0 bridgehead atoms. The van der Waals surface area contributed by atoms with Gasteiger partial charge in [-0.2, -0.15) is 5.10 Å². The number of fused-ring (bicyclic) bond motifs is 2. The van der Waals surface area contributed by atoms with Gasteiger partial charge in [0.1, 0.15) is 11.4 Å². The van der Waals surface area contributed by atoms with Gasteiger partial charge in [-0.05, 0) is 86.7 Å². The number of hydrogen-bond acceptors (Lipinski definition) is 4.